The summed E-state index contributed by atoms with van der Waals surface area (Å²) in [7, 11) is 0. The van der Waals surface area contributed by atoms with Gasteiger partial charge in [-0.05, 0) is 37.8 Å². The van der Waals surface area contributed by atoms with E-state index >= 15 is 0 Å². The van der Waals surface area contributed by atoms with Gasteiger partial charge >= 0.3 is 18.0 Å². The monoisotopic (exact) mass is 362 g/mol. The quantitative estimate of drug-likeness (QED) is 0.620. The highest BCUT2D eigenvalue weighted by molar-refractivity contribution is 5.89. The van der Waals surface area contributed by atoms with Crippen LogP contribution in [0.25, 0.3) is 0 Å². The van der Waals surface area contributed by atoms with Gasteiger partial charge in [-0.2, -0.15) is 0 Å². The number of nitrogens with zero attached hydrogens (tertiary/aromatic N) is 1. The van der Waals surface area contributed by atoms with Gasteiger partial charge in [0.25, 0.3) is 0 Å². The highest BCUT2D eigenvalue weighted by Gasteiger charge is 2.23. The predicted molar refractivity (Wildman–Crippen MR) is 98.1 cm³/mol. The van der Waals surface area contributed by atoms with Gasteiger partial charge in [0.15, 0.2) is 0 Å². The minimum absolute atomic E-state index is 0.0935. The number of carbonyl (C=O) groups is 3. The van der Waals surface area contributed by atoms with E-state index < -0.39 is 5.97 Å². The van der Waals surface area contributed by atoms with E-state index in [9.17, 15) is 14.4 Å². The van der Waals surface area contributed by atoms with Crippen molar-refractivity contribution in [3.63, 3.8) is 0 Å². The molecule has 1 unspecified atom stereocenters. The Hall–Kier alpha value is -2.77. The number of benzene rings is 1. The number of anilines is 1. The number of hydrogen-bond donors (Lipinski definition) is 4. The Morgan fingerprint density at radius 2 is 1.92 bits per heavy atom. The molecule has 1 fully saturated rings. The number of carboxylic acid groups (broad SMARTS) is 1. The number of aliphatic carboxylic acids is 1. The summed E-state index contributed by atoms with van der Waals surface area (Å²) in [5.74, 6) is -0.761. The van der Waals surface area contributed by atoms with Crippen molar-refractivity contribution in [2.24, 2.45) is 5.92 Å². The van der Waals surface area contributed by atoms with Gasteiger partial charge in [0, 0.05) is 31.9 Å². The molecule has 1 saturated heterocycles. The molecule has 1 aromatic carbocycles. The van der Waals surface area contributed by atoms with E-state index in [0.717, 1.165) is 24.1 Å². The molecule has 142 valence electrons. The zero-order valence-electron chi connectivity index (χ0n) is 15.0. The van der Waals surface area contributed by atoms with Crippen molar-refractivity contribution in [2.45, 2.75) is 26.2 Å². The van der Waals surface area contributed by atoms with E-state index in [0.29, 0.717) is 19.6 Å². The molecule has 8 heteroatoms. The van der Waals surface area contributed by atoms with E-state index in [4.69, 9.17) is 5.11 Å². The summed E-state index contributed by atoms with van der Waals surface area (Å²) in [6, 6.07) is 7.03. The Morgan fingerprint density at radius 3 is 2.62 bits per heavy atom. The number of hydrogen-bond acceptors (Lipinski definition) is 3. The number of amides is 4. The summed E-state index contributed by atoms with van der Waals surface area (Å²) in [6.45, 7) is 3.77. The standard InChI is InChI=1S/C18H26N4O4/c1-13-4-6-15(7-5-13)21-17(25)20-11-14-3-2-10-22(12-14)18(26)19-9-8-16(23)24/h4-7,14H,2-3,8-12H2,1H3,(H,19,26)(H,23,24)(H2,20,21,25). The molecule has 0 saturated carbocycles. The van der Waals surface area contributed by atoms with Gasteiger partial charge < -0.3 is 26.0 Å². The topological polar surface area (TPSA) is 111 Å². The van der Waals surface area contributed by atoms with Crippen LogP contribution in [0.4, 0.5) is 15.3 Å². The average Bonchev–Trinajstić information content (AvgIpc) is 2.62. The van der Waals surface area contributed by atoms with Crippen LogP contribution in [0.3, 0.4) is 0 Å². The molecule has 1 heterocycles. The highest BCUT2D eigenvalue weighted by Crippen LogP contribution is 2.16. The molecule has 1 aromatic rings. The normalized spacial score (nSPS) is 16.7. The summed E-state index contributed by atoms with van der Waals surface area (Å²) < 4.78 is 0. The number of rotatable bonds is 6. The fraction of sp³-hybridized carbons (Fsp3) is 0.500. The summed E-state index contributed by atoms with van der Waals surface area (Å²) in [5, 5.41) is 16.9. The third-order valence-electron chi connectivity index (χ3n) is 4.28. The Labute approximate surface area is 152 Å². The van der Waals surface area contributed by atoms with Crippen LogP contribution in [0.5, 0.6) is 0 Å². The fourth-order valence-electron chi connectivity index (χ4n) is 2.85. The van der Waals surface area contributed by atoms with Crippen molar-refractivity contribution >= 4 is 23.7 Å². The maximum Gasteiger partial charge on any atom is 0.319 e. The van der Waals surface area contributed by atoms with Crippen molar-refractivity contribution in [1.82, 2.24) is 15.5 Å². The first-order valence-corrected chi connectivity index (χ1v) is 8.80. The molecule has 1 aliphatic rings. The van der Waals surface area contributed by atoms with E-state index in [1.54, 1.807) is 4.90 Å². The number of carboxylic acids is 1. The Kier molecular flexibility index (Phi) is 7.25. The molecule has 1 aliphatic heterocycles. The van der Waals surface area contributed by atoms with Crippen molar-refractivity contribution < 1.29 is 19.5 Å². The summed E-state index contributed by atoms with van der Waals surface area (Å²) in [5.41, 5.74) is 1.86. The van der Waals surface area contributed by atoms with Crippen LogP contribution < -0.4 is 16.0 Å². The van der Waals surface area contributed by atoms with Gasteiger partial charge in [-0.15, -0.1) is 0 Å². The minimum atomic E-state index is -0.939. The van der Waals surface area contributed by atoms with Crippen LogP contribution >= 0.6 is 0 Å². The van der Waals surface area contributed by atoms with Gasteiger partial charge in [-0.25, -0.2) is 9.59 Å². The first-order chi connectivity index (χ1) is 12.4. The number of likely N-dealkylation sites (tertiary alicyclic amines) is 1. The number of aryl methyl sites for hydroxylation is 1. The van der Waals surface area contributed by atoms with E-state index in [1.165, 1.54) is 0 Å². The smallest absolute Gasteiger partial charge is 0.319 e. The second-order valence-corrected chi connectivity index (χ2v) is 6.53. The lowest BCUT2D eigenvalue weighted by molar-refractivity contribution is -0.136. The summed E-state index contributed by atoms with van der Waals surface area (Å²) in [4.78, 5) is 36.2. The molecule has 2 rings (SSSR count). The lowest BCUT2D eigenvalue weighted by Crippen LogP contribution is -2.48. The third kappa shape index (κ3) is 6.62. The van der Waals surface area contributed by atoms with Crippen molar-refractivity contribution in [1.29, 1.82) is 0 Å². The van der Waals surface area contributed by atoms with Crippen LogP contribution in [0.2, 0.25) is 0 Å². The Balaban J connectivity index is 1.71. The molecule has 0 bridgehead atoms. The van der Waals surface area contributed by atoms with Crippen LogP contribution in [-0.2, 0) is 4.79 Å². The molecule has 0 aromatic heterocycles. The maximum atomic E-state index is 12.1. The van der Waals surface area contributed by atoms with Gasteiger partial charge in [-0.3, -0.25) is 4.79 Å². The van der Waals surface area contributed by atoms with Gasteiger partial charge in [-0.1, -0.05) is 17.7 Å². The zero-order valence-corrected chi connectivity index (χ0v) is 15.0. The van der Waals surface area contributed by atoms with Crippen LogP contribution in [0.15, 0.2) is 24.3 Å². The van der Waals surface area contributed by atoms with E-state index in [-0.39, 0.29) is 30.9 Å². The molecule has 0 spiro atoms. The lowest BCUT2D eigenvalue weighted by atomic mass is 9.98. The van der Waals surface area contributed by atoms with E-state index in [2.05, 4.69) is 16.0 Å². The fourth-order valence-corrected chi connectivity index (χ4v) is 2.85. The molecule has 0 radical (unpaired) electrons. The summed E-state index contributed by atoms with van der Waals surface area (Å²) in [6.07, 6.45) is 1.70. The highest BCUT2D eigenvalue weighted by atomic mass is 16.4. The van der Waals surface area contributed by atoms with Gasteiger partial charge in [0.2, 0.25) is 0 Å². The minimum Gasteiger partial charge on any atom is -0.481 e. The molecule has 26 heavy (non-hydrogen) atoms. The van der Waals surface area contributed by atoms with Crippen LogP contribution in [-0.4, -0.2) is 54.2 Å². The SMILES string of the molecule is Cc1ccc(NC(=O)NCC2CCCN(C(=O)NCCC(=O)O)C2)cc1. The molecule has 4 amide bonds. The molecule has 0 aliphatic carbocycles. The molecule has 4 N–H and O–H groups in total. The summed E-state index contributed by atoms with van der Waals surface area (Å²) >= 11 is 0. The predicted octanol–water partition coefficient (Wildman–Crippen LogP) is 2.01. The van der Waals surface area contributed by atoms with Gasteiger partial charge in [0.1, 0.15) is 0 Å². The number of urea groups is 2. The number of nitrogens with one attached hydrogen (secondary N) is 3. The number of carbonyl (C=O) groups excluding carboxylic acids is 2. The van der Waals surface area contributed by atoms with Gasteiger partial charge in [0.05, 0.1) is 6.42 Å². The molecular weight excluding hydrogens is 336 g/mol. The molecule has 1 atom stereocenters. The first kappa shape index (κ1) is 19.6. The van der Waals surface area contributed by atoms with Crippen molar-refractivity contribution in [2.75, 3.05) is 31.5 Å². The van der Waals surface area contributed by atoms with Crippen LogP contribution in [0.1, 0.15) is 24.8 Å². The van der Waals surface area contributed by atoms with Crippen molar-refractivity contribution in [3.8, 4) is 0 Å². The average molecular weight is 362 g/mol. The van der Waals surface area contributed by atoms with Crippen LogP contribution in [0, 0.1) is 12.8 Å². The first-order valence-electron chi connectivity index (χ1n) is 8.80. The third-order valence-corrected chi connectivity index (χ3v) is 4.28. The zero-order chi connectivity index (χ0) is 18.9. The van der Waals surface area contributed by atoms with Crippen molar-refractivity contribution in [3.05, 3.63) is 29.8 Å². The Morgan fingerprint density at radius 1 is 1.19 bits per heavy atom. The molecular formula is C18H26N4O4. The largest absolute Gasteiger partial charge is 0.481 e. The second-order valence-electron chi connectivity index (χ2n) is 6.53. The maximum absolute atomic E-state index is 12.1. The molecule has 8 nitrogen and oxygen atoms in total. The number of piperidine rings is 1. The van der Waals surface area contributed by atoms with E-state index in [1.807, 2.05) is 31.2 Å². The second kappa shape index (κ2) is 9.65. The lowest BCUT2D eigenvalue weighted by Gasteiger charge is -2.32. The Bertz CT molecular complexity index is 633.